The zero-order valence-electron chi connectivity index (χ0n) is 11.3. The molecule has 0 aliphatic heterocycles. The third-order valence-corrected chi connectivity index (χ3v) is 5.63. The average molecular weight is 313 g/mol. The van der Waals surface area contributed by atoms with Crippen molar-refractivity contribution in [3.63, 3.8) is 0 Å². The first-order valence-corrected chi connectivity index (χ1v) is 8.53. The Morgan fingerprint density at radius 1 is 1.35 bits per heavy atom. The molecule has 1 aliphatic carbocycles. The molecule has 1 saturated carbocycles. The van der Waals surface area contributed by atoms with Crippen molar-refractivity contribution in [1.29, 1.82) is 5.26 Å². The number of rotatable bonds is 3. The predicted molar refractivity (Wildman–Crippen MR) is 78.1 cm³/mol. The molecule has 1 aliphatic rings. The summed E-state index contributed by atoms with van der Waals surface area (Å²) in [6.45, 7) is 1.72. The van der Waals surface area contributed by atoms with E-state index >= 15 is 0 Å². The molecule has 2 rings (SSSR count). The van der Waals surface area contributed by atoms with Crippen LogP contribution >= 0.6 is 11.6 Å². The molecule has 2 atom stereocenters. The summed E-state index contributed by atoms with van der Waals surface area (Å²) in [5.74, 6) is 0. The molecule has 0 radical (unpaired) electrons. The van der Waals surface area contributed by atoms with Crippen LogP contribution in [-0.4, -0.2) is 19.8 Å². The van der Waals surface area contributed by atoms with Crippen molar-refractivity contribution in [3.05, 3.63) is 29.3 Å². The number of hydrogen-bond acceptors (Lipinski definition) is 3. The van der Waals surface area contributed by atoms with Crippen LogP contribution in [0.4, 0.5) is 0 Å². The first-order valence-electron chi connectivity index (χ1n) is 6.61. The smallest absolute Gasteiger partial charge is 0.207 e. The normalized spacial score (nSPS) is 23.2. The number of nitrogens with one attached hydrogen (secondary N) is 1. The molecule has 0 heterocycles. The summed E-state index contributed by atoms with van der Waals surface area (Å²) < 4.78 is 27.4. The quantitative estimate of drug-likeness (QED) is 0.872. The molecule has 0 spiro atoms. The third-order valence-electron chi connectivity index (χ3n) is 3.62. The Labute approximate surface area is 124 Å². The molecule has 0 amide bonds. The maximum Gasteiger partial charge on any atom is 0.240 e. The van der Waals surface area contributed by atoms with E-state index < -0.39 is 10.0 Å². The van der Waals surface area contributed by atoms with Crippen LogP contribution in [0.15, 0.2) is 23.1 Å². The standard InChI is InChI=1S/C14H17ClN2O2S/c1-10-8-12(7-6-11(10)9-16)20(18,19)17-14-5-3-2-4-13(14)15/h6-8,13-14,17H,2-5H2,1H3. The van der Waals surface area contributed by atoms with Crippen LogP contribution in [0.25, 0.3) is 0 Å². The number of halogens is 1. The lowest BCUT2D eigenvalue weighted by Gasteiger charge is -2.27. The van der Waals surface area contributed by atoms with Gasteiger partial charge >= 0.3 is 0 Å². The number of benzene rings is 1. The van der Waals surface area contributed by atoms with Crippen molar-refractivity contribution in [2.45, 2.75) is 48.9 Å². The van der Waals surface area contributed by atoms with E-state index in [1.165, 1.54) is 18.2 Å². The van der Waals surface area contributed by atoms with Crippen molar-refractivity contribution < 1.29 is 8.42 Å². The van der Waals surface area contributed by atoms with E-state index in [-0.39, 0.29) is 16.3 Å². The van der Waals surface area contributed by atoms with Gasteiger partial charge in [-0.1, -0.05) is 12.8 Å². The lowest BCUT2D eigenvalue weighted by molar-refractivity contribution is 0.418. The van der Waals surface area contributed by atoms with Crippen molar-refractivity contribution in [1.82, 2.24) is 4.72 Å². The molecule has 1 fully saturated rings. The Morgan fingerprint density at radius 3 is 2.65 bits per heavy atom. The minimum Gasteiger partial charge on any atom is -0.207 e. The Morgan fingerprint density at radius 2 is 2.05 bits per heavy atom. The number of nitriles is 1. The highest BCUT2D eigenvalue weighted by Gasteiger charge is 2.28. The van der Waals surface area contributed by atoms with Gasteiger partial charge in [0.2, 0.25) is 10.0 Å². The average Bonchev–Trinajstić information content (AvgIpc) is 2.41. The Bertz CT molecular complexity index is 637. The molecule has 4 nitrogen and oxygen atoms in total. The van der Waals surface area contributed by atoms with Gasteiger partial charge in [-0.05, 0) is 43.5 Å². The zero-order valence-corrected chi connectivity index (χ0v) is 12.8. The highest BCUT2D eigenvalue weighted by atomic mass is 35.5. The summed E-state index contributed by atoms with van der Waals surface area (Å²) in [4.78, 5) is 0.184. The van der Waals surface area contributed by atoms with E-state index in [0.29, 0.717) is 11.1 Å². The molecule has 0 bridgehead atoms. The van der Waals surface area contributed by atoms with Crippen molar-refractivity contribution >= 4 is 21.6 Å². The molecular formula is C14H17ClN2O2S. The van der Waals surface area contributed by atoms with Crippen molar-refractivity contribution in [2.24, 2.45) is 0 Å². The van der Waals surface area contributed by atoms with Crippen LogP contribution in [0.2, 0.25) is 0 Å². The first kappa shape index (κ1) is 15.3. The topological polar surface area (TPSA) is 70.0 Å². The van der Waals surface area contributed by atoms with E-state index in [0.717, 1.165) is 25.7 Å². The van der Waals surface area contributed by atoms with Gasteiger partial charge in [0.25, 0.3) is 0 Å². The summed E-state index contributed by atoms with van der Waals surface area (Å²) in [5, 5.41) is 8.72. The number of alkyl halides is 1. The van der Waals surface area contributed by atoms with Gasteiger partial charge in [-0.25, -0.2) is 13.1 Å². The Balaban J connectivity index is 2.22. The molecule has 1 N–H and O–H groups in total. The molecule has 0 aromatic heterocycles. The van der Waals surface area contributed by atoms with E-state index in [1.807, 2.05) is 6.07 Å². The molecule has 108 valence electrons. The van der Waals surface area contributed by atoms with Gasteiger partial charge in [0.05, 0.1) is 16.5 Å². The fourth-order valence-corrected chi connectivity index (χ4v) is 4.23. The van der Waals surface area contributed by atoms with Gasteiger partial charge in [0.1, 0.15) is 0 Å². The Hall–Kier alpha value is -1.09. The maximum atomic E-state index is 12.3. The summed E-state index contributed by atoms with van der Waals surface area (Å²) in [6.07, 6.45) is 3.63. The predicted octanol–water partition coefficient (Wildman–Crippen LogP) is 2.70. The summed E-state index contributed by atoms with van der Waals surface area (Å²) >= 11 is 6.19. The highest BCUT2D eigenvalue weighted by Crippen LogP contribution is 2.25. The molecule has 6 heteroatoms. The Kier molecular flexibility index (Phi) is 4.69. The van der Waals surface area contributed by atoms with E-state index in [1.54, 1.807) is 6.92 Å². The second-order valence-electron chi connectivity index (χ2n) is 5.12. The maximum absolute atomic E-state index is 12.3. The van der Waals surface area contributed by atoms with Gasteiger partial charge in [-0.2, -0.15) is 5.26 Å². The van der Waals surface area contributed by atoms with Crippen LogP contribution < -0.4 is 4.72 Å². The van der Waals surface area contributed by atoms with E-state index in [4.69, 9.17) is 16.9 Å². The lowest BCUT2D eigenvalue weighted by atomic mass is 9.96. The first-order chi connectivity index (χ1) is 9.44. The van der Waals surface area contributed by atoms with Crippen molar-refractivity contribution in [2.75, 3.05) is 0 Å². The second-order valence-corrected chi connectivity index (χ2v) is 7.39. The zero-order chi connectivity index (χ0) is 14.8. The molecular weight excluding hydrogens is 296 g/mol. The SMILES string of the molecule is Cc1cc(S(=O)(=O)NC2CCCCC2Cl)ccc1C#N. The van der Waals surface area contributed by atoms with Gasteiger partial charge < -0.3 is 0 Å². The fourth-order valence-electron chi connectivity index (χ4n) is 2.41. The molecule has 1 aromatic carbocycles. The minimum atomic E-state index is -3.58. The van der Waals surface area contributed by atoms with Gasteiger partial charge in [0, 0.05) is 11.4 Å². The summed E-state index contributed by atoms with van der Waals surface area (Å²) in [5.41, 5.74) is 1.14. The summed E-state index contributed by atoms with van der Waals surface area (Å²) in [6, 6.07) is 6.32. The van der Waals surface area contributed by atoms with Gasteiger partial charge in [0.15, 0.2) is 0 Å². The lowest BCUT2D eigenvalue weighted by Crippen LogP contribution is -2.42. The van der Waals surface area contributed by atoms with Crippen LogP contribution in [0.3, 0.4) is 0 Å². The van der Waals surface area contributed by atoms with Crippen LogP contribution in [0.5, 0.6) is 0 Å². The van der Waals surface area contributed by atoms with Gasteiger partial charge in [-0.15, -0.1) is 11.6 Å². The monoisotopic (exact) mass is 312 g/mol. The molecule has 20 heavy (non-hydrogen) atoms. The molecule has 2 unspecified atom stereocenters. The number of aryl methyl sites for hydroxylation is 1. The number of hydrogen-bond donors (Lipinski definition) is 1. The molecule has 1 aromatic rings. The summed E-state index contributed by atoms with van der Waals surface area (Å²) in [7, 11) is -3.58. The van der Waals surface area contributed by atoms with Crippen LogP contribution in [0, 0.1) is 18.3 Å². The largest absolute Gasteiger partial charge is 0.240 e. The minimum absolute atomic E-state index is 0.155. The highest BCUT2D eigenvalue weighted by molar-refractivity contribution is 7.89. The third kappa shape index (κ3) is 3.32. The van der Waals surface area contributed by atoms with Gasteiger partial charge in [-0.3, -0.25) is 0 Å². The number of nitrogens with zero attached hydrogens (tertiary/aromatic N) is 1. The van der Waals surface area contributed by atoms with Crippen LogP contribution in [0.1, 0.15) is 36.8 Å². The fraction of sp³-hybridized carbons (Fsp3) is 0.500. The van der Waals surface area contributed by atoms with Crippen LogP contribution in [-0.2, 0) is 10.0 Å². The van der Waals surface area contributed by atoms with Crippen molar-refractivity contribution in [3.8, 4) is 6.07 Å². The molecule has 0 saturated heterocycles. The second kappa shape index (κ2) is 6.13. The number of sulfonamides is 1. The van der Waals surface area contributed by atoms with E-state index in [2.05, 4.69) is 4.72 Å². The van der Waals surface area contributed by atoms with E-state index in [9.17, 15) is 8.42 Å².